The lowest BCUT2D eigenvalue weighted by atomic mass is 10.3. The van der Waals surface area contributed by atoms with Gasteiger partial charge in [0.1, 0.15) is 16.4 Å². The van der Waals surface area contributed by atoms with Crippen LogP contribution in [0, 0.1) is 0 Å². The van der Waals surface area contributed by atoms with Gasteiger partial charge in [0, 0.05) is 24.2 Å². The summed E-state index contributed by atoms with van der Waals surface area (Å²) in [5.41, 5.74) is 1.35. The minimum Gasteiger partial charge on any atom is -0.436 e. The number of ether oxygens (including phenoxy) is 1. The fourth-order valence-corrected chi connectivity index (χ4v) is 3.45. The second-order valence-corrected chi connectivity index (χ2v) is 7.07. The van der Waals surface area contributed by atoms with Crippen LogP contribution >= 0.6 is 35.0 Å². The van der Waals surface area contributed by atoms with Crippen LogP contribution in [0.5, 0.6) is 11.6 Å². The number of halogens is 2. The van der Waals surface area contributed by atoms with Crippen molar-refractivity contribution in [2.75, 3.05) is 0 Å². The molecule has 0 fully saturated rings. The van der Waals surface area contributed by atoms with E-state index in [-0.39, 0.29) is 0 Å². The van der Waals surface area contributed by atoms with Crippen molar-refractivity contribution in [2.45, 2.75) is 10.1 Å². The quantitative estimate of drug-likeness (QED) is 0.352. The molecular formula is C17H11Cl2N5OS. The molecule has 0 saturated heterocycles. The third kappa shape index (κ3) is 3.60. The van der Waals surface area contributed by atoms with Crippen molar-refractivity contribution in [3.05, 3.63) is 59.0 Å². The first kappa shape index (κ1) is 17.1. The van der Waals surface area contributed by atoms with E-state index in [9.17, 15) is 0 Å². The molecule has 0 radical (unpaired) electrons. The lowest BCUT2D eigenvalue weighted by molar-refractivity contribution is 0.453. The molecule has 1 aromatic carbocycles. The average molecular weight is 404 g/mol. The Morgan fingerprint density at radius 1 is 1.04 bits per heavy atom. The molecule has 4 aromatic rings. The predicted octanol–water partition coefficient (Wildman–Crippen LogP) is 5.01. The Hall–Kier alpha value is -2.35. The maximum absolute atomic E-state index is 6.49. The fourth-order valence-electron chi connectivity index (χ4n) is 2.24. The van der Waals surface area contributed by atoms with E-state index in [0.717, 1.165) is 4.90 Å². The molecule has 0 atom stereocenters. The number of hydrogen-bond donors (Lipinski definition) is 0. The molecule has 0 saturated carbocycles. The third-order valence-corrected chi connectivity index (χ3v) is 5.07. The van der Waals surface area contributed by atoms with Crippen molar-refractivity contribution in [1.82, 2.24) is 24.7 Å². The minimum absolute atomic E-state index is 0.406. The SMILES string of the molecule is Cn1ccc(Oc2cccc(Sc3ncc4nc(Cl)ccc4n3)c2Cl)n1. The number of pyridine rings is 1. The van der Waals surface area contributed by atoms with Crippen LogP contribution in [0.1, 0.15) is 0 Å². The highest BCUT2D eigenvalue weighted by molar-refractivity contribution is 7.99. The standard InChI is InChI=1S/C17H11Cl2N5OS/c1-24-8-7-15(23-24)25-12-3-2-4-13(16(12)19)26-17-20-9-11-10(22-17)5-6-14(18)21-11/h2-9H,1H3. The van der Waals surface area contributed by atoms with Crippen molar-refractivity contribution >= 4 is 46.0 Å². The largest absolute Gasteiger partial charge is 0.436 e. The van der Waals surface area contributed by atoms with E-state index in [2.05, 4.69) is 20.1 Å². The lowest BCUT2D eigenvalue weighted by Gasteiger charge is -2.08. The average Bonchev–Trinajstić information content (AvgIpc) is 3.03. The van der Waals surface area contributed by atoms with Gasteiger partial charge in [-0.15, -0.1) is 5.10 Å². The smallest absolute Gasteiger partial charge is 0.238 e. The van der Waals surface area contributed by atoms with E-state index in [1.165, 1.54) is 11.8 Å². The molecule has 0 aliphatic rings. The van der Waals surface area contributed by atoms with E-state index in [1.807, 2.05) is 19.2 Å². The summed E-state index contributed by atoms with van der Waals surface area (Å²) in [4.78, 5) is 13.8. The molecule has 9 heteroatoms. The molecule has 3 heterocycles. The highest BCUT2D eigenvalue weighted by atomic mass is 35.5. The zero-order valence-corrected chi connectivity index (χ0v) is 15.8. The summed E-state index contributed by atoms with van der Waals surface area (Å²) in [7, 11) is 1.82. The van der Waals surface area contributed by atoms with Gasteiger partial charge in [0.15, 0.2) is 5.16 Å². The van der Waals surface area contributed by atoms with Gasteiger partial charge in [0.25, 0.3) is 0 Å². The van der Waals surface area contributed by atoms with Gasteiger partial charge < -0.3 is 4.74 Å². The topological polar surface area (TPSA) is 65.7 Å². The Bertz CT molecular complexity index is 1100. The van der Waals surface area contributed by atoms with Crippen LogP contribution in [0.15, 0.2) is 58.8 Å². The Morgan fingerprint density at radius 3 is 2.73 bits per heavy atom. The van der Waals surface area contributed by atoms with Crippen LogP contribution in [-0.4, -0.2) is 24.7 Å². The van der Waals surface area contributed by atoms with Gasteiger partial charge in [0.2, 0.25) is 5.88 Å². The summed E-state index contributed by atoms with van der Waals surface area (Å²) in [5, 5.41) is 5.62. The zero-order valence-electron chi connectivity index (χ0n) is 13.4. The van der Waals surface area contributed by atoms with E-state index in [4.69, 9.17) is 27.9 Å². The van der Waals surface area contributed by atoms with E-state index >= 15 is 0 Å². The Balaban J connectivity index is 1.62. The molecule has 0 aliphatic heterocycles. The first-order valence-corrected chi connectivity index (χ1v) is 9.09. The number of benzene rings is 1. The van der Waals surface area contributed by atoms with Crippen molar-refractivity contribution in [2.24, 2.45) is 7.05 Å². The third-order valence-electron chi connectivity index (χ3n) is 3.41. The molecule has 0 spiro atoms. The Kier molecular flexibility index (Phi) is 4.67. The van der Waals surface area contributed by atoms with Crippen LogP contribution in [-0.2, 0) is 7.05 Å². The number of rotatable bonds is 4. The molecule has 0 unspecified atom stereocenters. The number of aryl methyl sites for hydroxylation is 1. The van der Waals surface area contributed by atoms with E-state index in [1.54, 1.807) is 41.3 Å². The lowest BCUT2D eigenvalue weighted by Crippen LogP contribution is -1.92. The molecule has 6 nitrogen and oxygen atoms in total. The molecule has 0 aliphatic carbocycles. The summed E-state index contributed by atoms with van der Waals surface area (Å²) in [6.45, 7) is 0. The molecule has 26 heavy (non-hydrogen) atoms. The van der Waals surface area contributed by atoms with Gasteiger partial charge in [-0.05, 0) is 36.0 Å². The number of fused-ring (bicyclic) bond motifs is 1. The monoisotopic (exact) mass is 403 g/mol. The summed E-state index contributed by atoms with van der Waals surface area (Å²) < 4.78 is 7.41. The van der Waals surface area contributed by atoms with Gasteiger partial charge in [0.05, 0.1) is 16.7 Å². The van der Waals surface area contributed by atoms with Gasteiger partial charge in [-0.3, -0.25) is 4.68 Å². The first-order valence-electron chi connectivity index (χ1n) is 7.52. The fraction of sp³-hybridized carbons (Fsp3) is 0.0588. The minimum atomic E-state index is 0.406. The highest BCUT2D eigenvalue weighted by Crippen LogP contribution is 2.38. The molecule has 0 bridgehead atoms. The number of aromatic nitrogens is 5. The molecular weight excluding hydrogens is 393 g/mol. The van der Waals surface area contributed by atoms with Gasteiger partial charge in [-0.25, -0.2) is 15.0 Å². The van der Waals surface area contributed by atoms with Crippen LogP contribution in [0.4, 0.5) is 0 Å². The molecule has 0 amide bonds. The van der Waals surface area contributed by atoms with Gasteiger partial charge in [-0.1, -0.05) is 29.3 Å². The Labute approximate surface area is 163 Å². The van der Waals surface area contributed by atoms with Crippen molar-refractivity contribution in [3.63, 3.8) is 0 Å². The normalized spacial score (nSPS) is 11.0. The second-order valence-electron chi connectivity index (χ2n) is 5.29. The van der Waals surface area contributed by atoms with Crippen LogP contribution < -0.4 is 4.74 Å². The summed E-state index contributed by atoms with van der Waals surface area (Å²) in [6, 6.07) is 10.8. The van der Waals surface area contributed by atoms with E-state index in [0.29, 0.717) is 38.0 Å². The predicted molar refractivity (Wildman–Crippen MR) is 101 cm³/mol. The number of hydrogen-bond acceptors (Lipinski definition) is 6. The molecule has 3 aromatic heterocycles. The van der Waals surface area contributed by atoms with Crippen LogP contribution in [0.3, 0.4) is 0 Å². The Morgan fingerprint density at radius 2 is 1.92 bits per heavy atom. The molecule has 4 rings (SSSR count). The van der Waals surface area contributed by atoms with Gasteiger partial charge >= 0.3 is 0 Å². The van der Waals surface area contributed by atoms with E-state index < -0.39 is 0 Å². The highest BCUT2D eigenvalue weighted by Gasteiger charge is 2.12. The maximum Gasteiger partial charge on any atom is 0.238 e. The summed E-state index contributed by atoms with van der Waals surface area (Å²) in [5.74, 6) is 0.992. The molecule has 0 N–H and O–H groups in total. The zero-order chi connectivity index (χ0) is 18.1. The summed E-state index contributed by atoms with van der Waals surface area (Å²) >= 11 is 13.7. The van der Waals surface area contributed by atoms with Crippen molar-refractivity contribution in [1.29, 1.82) is 0 Å². The maximum atomic E-state index is 6.49. The van der Waals surface area contributed by atoms with Gasteiger partial charge in [-0.2, -0.15) is 0 Å². The second kappa shape index (κ2) is 7.11. The number of nitrogens with zero attached hydrogens (tertiary/aromatic N) is 5. The molecule has 130 valence electrons. The van der Waals surface area contributed by atoms with Crippen molar-refractivity contribution < 1.29 is 4.74 Å². The van der Waals surface area contributed by atoms with Crippen LogP contribution in [0.2, 0.25) is 10.2 Å². The first-order chi connectivity index (χ1) is 12.6. The van der Waals surface area contributed by atoms with Crippen LogP contribution in [0.25, 0.3) is 11.0 Å². The summed E-state index contributed by atoms with van der Waals surface area (Å²) in [6.07, 6.45) is 3.43. The van der Waals surface area contributed by atoms with Crippen molar-refractivity contribution in [3.8, 4) is 11.6 Å².